The molecule has 9 nitrogen and oxygen atoms in total. The standard InChI is InChI=1S/C14H27NO4.C4H4O4/c1-13(2,3)19-12(16)9-11-8-10(6-7-15)17-14(4,5)18-11;5-3(6)1-2-4(7)8/h10-11H,6-9,15H2,1-5H3;1-2H,(H,5,6)(H,7,8)/b;2-1+/t10-,11-;/m1./s1. The van der Waals surface area contributed by atoms with Gasteiger partial charge in [0, 0.05) is 18.6 Å². The van der Waals surface area contributed by atoms with E-state index in [9.17, 15) is 14.4 Å². The first-order chi connectivity index (χ1) is 12.2. The molecular weight excluding hydrogens is 358 g/mol. The summed E-state index contributed by atoms with van der Waals surface area (Å²) in [5.74, 6) is -3.42. The fraction of sp³-hybridized carbons (Fsp3) is 0.722. The number of hydrogen-bond donors (Lipinski definition) is 3. The van der Waals surface area contributed by atoms with Crippen molar-refractivity contribution in [1.29, 1.82) is 0 Å². The third-order valence-corrected chi connectivity index (χ3v) is 3.10. The quantitative estimate of drug-likeness (QED) is 0.456. The van der Waals surface area contributed by atoms with Crippen LogP contribution in [0.4, 0.5) is 0 Å². The van der Waals surface area contributed by atoms with E-state index in [-0.39, 0.29) is 24.6 Å². The van der Waals surface area contributed by atoms with Crippen molar-refractivity contribution >= 4 is 17.9 Å². The monoisotopic (exact) mass is 389 g/mol. The molecule has 9 heteroatoms. The van der Waals surface area contributed by atoms with Crippen LogP contribution in [-0.2, 0) is 28.6 Å². The van der Waals surface area contributed by atoms with Gasteiger partial charge in [-0.05, 0) is 47.6 Å². The van der Waals surface area contributed by atoms with Crippen LogP contribution in [0.15, 0.2) is 12.2 Å². The smallest absolute Gasteiger partial charge is 0.328 e. The Labute approximate surface area is 159 Å². The van der Waals surface area contributed by atoms with Crippen LogP contribution in [0.2, 0.25) is 0 Å². The van der Waals surface area contributed by atoms with Crippen molar-refractivity contribution in [2.45, 2.75) is 77.5 Å². The van der Waals surface area contributed by atoms with Crippen LogP contribution >= 0.6 is 0 Å². The zero-order valence-electron chi connectivity index (χ0n) is 16.6. The Hall–Kier alpha value is -1.97. The molecule has 0 aromatic heterocycles. The molecule has 0 unspecified atom stereocenters. The minimum atomic E-state index is -1.26. The molecule has 0 saturated carbocycles. The van der Waals surface area contributed by atoms with Crippen LogP contribution in [-0.4, -0.2) is 58.3 Å². The van der Waals surface area contributed by atoms with E-state index in [1.807, 2.05) is 34.6 Å². The maximum Gasteiger partial charge on any atom is 0.328 e. The Morgan fingerprint density at radius 2 is 1.59 bits per heavy atom. The molecule has 156 valence electrons. The van der Waals surface area contributed by atoms with Gasteiger partial charge in [-0.1, -0.05) is 0 Å². The number of carboxylic acids is 2. The highest BCUT2D eigenvalue weighted by Crippen LogP contribution is 2.30. The number of ether oxygens (including phenoxy) is 3. The predicted octanol–water partition coefficient (Wildman–Crippen LogP) is 1.69. The molecule has 1 aliphatic rings. The minimum absolute atomic E-state index is 0.0428. The van der Waals surface area contributed by atoms with Crippen molar-refractivity contribution in [3.05, 3.63) is 12.2 Å². The summed E-state index contributed by atoms with van der Waals surface area (Å²) in [6, 6.07) is 0. The molecule has 0 aliphatic carbocycles. The SMILES string of the molecule is CC(C)(C)OC(=O)C[C@H]1C[C@@H](CCN)OC(C)(C)O1.O=C(O)/C=C/C(=O)O. The van der Waals surface area contributed by atoms with Crippen molar-refractivity contribution in [2.24, 2.45) is 5.73 Å². The summed E-state index contributed by atoms with van der Waals surface area (Å²) >= 11 is 0. The van der Waals surface area contributed by atoms with E-state index < -0.39 is 23.3 Å². The van der Waals surface area contributed by atoms with E-state index >= 15 is 0 Å². The first-order valence-corrected chi connectivity index (χ1v) is 8.65. The molecule has 1 aliphatic heterocycles. The van der Waals surface area contributed by atoms with Gasteiger partial charge in [0.25, 0.3) is 0 Å². The Morgan fingerprint density at radius 1 is 1.11 bits per heavy atom. The summed E-state index contributed by atoms with van der Waals surface area (Å²) in [5, 5.41) is 15.6. The summed E-state index contributed by atoms with van der Waals surface area (Å²) in [6.45, 7) is 9.86. The maximum absolute atomic E-state index is 11.8. The van der Waals surface area contributed by atoms with Gasteiger partial charge in [0.1, 0.15) is 5.60 Å². The fourth-order valence-corrected chi connectivity index (χ4v) is 2.42. The summed E-state index contributed by atoms with van der Waals surface area (Å²) < 4.78 is 16.9. The summed E-state index contributed by atoms with van der Waals surface area (Å²) in [5.41, 5.74) is 5.10. The third-order valence-electron chi connectivity index (χ3n) is 3.10. The molecule has 0 radical (unpaired) electrons. The summed E-state index contributed by atoms with van der Waals surface area (Å²) in [4.78, 5) is 30.9. The van der Waals surface area contributed by atoms with Crippen molar-refractivity contribution in [1.82, 2.24) is 0 Å². The molecule has 0 spiro atoms. The zero-order valence-corrected chi connectivity index (χ0v) is 16.6. The number of nitrogens with two attached hydrogens (primary N) is 1. The Balaban J connectivity index is 0.000000713. The molecular formula is C18H31NO8. The molecule has 1 saturated heterocycles. The molecule has 0 bridgehead atoms. The van der Waals surface area contributed by atoms with E-state index in [1.54, 1.807) is 0 Å². The van der Waals surface area contributed by atoms with Gasteiger partial charge in [-0.3, -0.25) is 4.79 Å². The molecule has 27 heavy (non-hydrogen) atoms. The predicted molar refractivity (Wildman–Crippen MR) is 97.0 cm³/mol. The lowest BCUT2D eigenvalue weighted by Gasteiger charge is -2.40. The van der Waals surface area contributed by atoms with Crippen LogP contribution < -0.4 is 5.73 Å². The molecule has 0 aromatic carbocycles. The number of rotatable bonds is 6. The fourth-order valence-electron chi connectivity index (χ4n) is 2.42. The van der Waals surface area contributed by atoms with Crippen molar-refractivity contribution < 1.29 is 38.8 Å². The molecule has 1 heterocycles. The van der Waals surface area contributed by atoms with Gasteiger partial charge < -0.3 is 30.2 Å². The van der Waals surface area contributed by atoms with Gasteiger partial charge in [0.2, 0.25) is 0 Å². The summed E-state index contributed by atoms with van der Waals surface area (Å²) in [6.07, 6.45) is 2.70. The maximum atomic E-state index is 11.8. The molecule has 0 amide bonds. The first-order valence-electron chi connectivity index (χ1n) is 8.65. The van der Waals surface area contributed by atoms with Crippen molar-refractivity contribution in [2.75, 3.05) is 6.54 Å². The van der Waals surface area contributed by atoms with Gasteiger partial charge in [-0.2, -0.15) is 0 Å². The highest BCUT2D eigenvalue weighted by Gasteiger charge is 2.36. The number of carbonyl (C=O) groups excluding carboxylic acids is 1. The number of aliphatic carboxylic acids is 2. The molecule has 0 aromatic rings. The highest BCUT2D eigenvalue weighted by atomic mass is 16.7. The lowest BCUT2D eigenvalue weighted by Crippen LogP contribution is -2.46. The van der Waals surface area contributed by atoms with Crippen LogP contribution in [0, 0.1) is 0 Å². The largest absolute Gasteiger partial charge is 0.478 e. The molecule has 1 rings (SSSR count). The normalized spacial score (nSPS) is 21.9. The van der Waals surface area contributed by atoms with Crippen LogP contribution in [0.25, 0.3) is 0 Å². The lowest BCUT2D eigenvalue weighted by molar-refractivity contribution is -0.300. The molecule has 4 N–H and O–H groups in total. The van der Waals surface area contributed by atoms with Crippen molar-refractivity contribution in [3.8, 4) is 0 Å². The van der Waals surface area contributed by atoms with Gasteiger partial charge in [-0.25, -0.2) is 9.59 Å². The third kappa shape index (κ3) is 13.8. The average molecular weight is 389 g/mol. The van der Waals surface area contributed by atoms with Crippen LogP contribution in [0.5, 0.6) is 0 Å². The average Bonchev–Trinajstić information content (AvgIpc) is 2.42. The van der Waals surface area contributed by atoms with Crippen LogP contribution in [0.1, 0.15) is 53.9 Å². The Kier molecular flexibility index (Phi) is 10.2. The highest BCUT2D eigenvalue weighted by molar-refractivity contribution is 5.89. The molecule has 1 fully saturated rings. The van der Waals surface area contributed by atoms with E-state index in [4.69, 9.17) is 30.2 Å². The number of hydrogen-bond acceptors (Lipinski definition) is 7. The van der Waals surface area contributed by atoms with Gasteiger partial charge in [0.05, 0.1) is 18.6 Å². The second-order valence-corrected chi connectivity index (χ2v) is 7.49. The van der Waals surface area contributed by atoms with E-state index in [0.717, 1.165) is 6.42 Å². The lowest BCUT2D eigenvalue weighted by atomic mass is 10.0. The van der Waals surface area contributed by atoms with Crippen LogP contribution in [0.3, 0.4) is 0 Å². The summed E-state index contributed by atoms with van der Waals surface area (Å²) in [7, 11) is 0. The zero-order chi connectivity index (χ0) is 21.3. The Bertz CT molecular complexity index is 520. The van der Waals surface area contributed by atoms with Gasteiger partial charge in [0.15, 0.2) is 5.79 Å². The van der Waals surface area contributed by atoms with Crippen molar-refractivity contribution in [3.63, 3.8) is 0 Å². The molecule has 2 atom stereocenters. The van der Waals surface area contributed by atoms with E-state index in [0.29, 0.717) is 25.1 Å². The Morgan fingerprint density at radius 3 is 2.00 bits per heavy atom. The van der Waals surface area contributed by atoms with E-state index in [2.05, 4.69) is 0 Å². The first kappa shape index (κ1) is 25.0. The number of carboxylic acid groups (broad SMARTS) is 2. The topological polar surface area (TPSA) is 145 Å². The minimum Gasteiger partial charge on any atom is -0.478 e. The van der Waals surface area contributed by atoms with Gasteiger partial charge in [-0.15, -0.1) is 0 Å². The second kappa shape index (κ2) is 11.0. The number of esters is 1. The van der Waals surface area contributed by atoms with Gasteiger partial charge >= 0.3 is 17.9 Å². The second-order valence-electron chi connectivity index (χ2n) is 7.49. The van der Waals surface area contributed by atoms with E-state index in [1.165, 1.54) is 0 Å². The number of carbonyl (C=O) groups is 3.